The van der Waals surface area contributed by atoms with Crippen LogP contribution in [-0.2, 0) is 12.8 Å². The molecule has 0 radical (unpaired) electrons. The van der Waals surface area contributed by atoms with Crippen LogP contribution in [0.15, 0.2) is 30.4 Å². The molecule has 0 aliphatic heterocycles. The largest absolute Gasteiger partial charge is 0.493 e. The Morgan fingerprint density at radius 1 is 0.962 bits per heavy atom. The van der Waals surface area contributed by atoms with Crippen LogP contribution in [0.3, 0.4) is 0 Å². The highest BCUT2D eigenvalue weighted by Gasteiger charge is 2.23. The Morgan fingerprint density at radius 3 is 2.50 bits per heavy atom. The van der Waals surface area contributed by atoms with E-state index < -0.39 is 0 Å². The molecule has 1 heteroatoms. The minimum absolute atomic E-state index is 0.784. The third-order valence-electron chi connectivity index (χ3n) is 6.82. The maximum absolute atomic E-state index is 5.89. The van der Waals surface area contributed by atoms with Crippen molar-refractivity contribution < 1.29 is 4.74 Å². The van der Waals surface area contributed by atoms with Crippen LogP contribution in [0.5, 0.6) is 5.75 Å². The second-order valence-electron chi connectivity index (χ2n) is 8.62. The molecule has 0 bridgehead atoms. The summed E-state index contributed by atoms with van der Waals surface area (Å²) in [5.74, 6) is 4.02. The molecule has 1 unspecified atom stereocenters. The molecule has 0 amide bonds. The monoisotopic (exact) mass is 354 g/mol. The summed E-state index contributed by atoms with van der Waals surface area (Å²) in [4.78, 5) is 0. The van der Waals surface area contributed by atoms with Gasteiger partial charge in [0.15, 0.2) is 0 Å². The molecule has 1 saturated carbocycles. The lowest BCUT2D eigenvalue weighted by atomic mass is 9.76. The summed E-state index contributed by atoms with van der Waals surface area (Å²) >= 11 is 0. The van der Waals surface area contributed by atoms with Gasteiger partial charge in [-0.15, -0.1) is 0 Å². The molecule has 3 rings (SSSR count). The van der Waals surface area contributed by atoms with Gasteiger partial charge in [-0.25, -0.2) is 0 Å². The molecule has 0 saturated heterocycles. The highest BCUT2D eigenvalue weighted by atomic mass is 16.5. The lowest BCUT2D eigenvalue weighted by Gasteiger charge is -2.30. The van der Waals surface area contributed by atoms with E-state index in [-0.39, 0.29) is 0 Å². The van der Waals surface area contributed by atoms with E-state index in [2.05, 4.69) is 44.2 Å². The van der Waals surface area contributed by atoms with Gasteiger partial charge < -0.3 is 4.74 Å². The average molecular weight is 355 g/mol. The van der Waals surface area contributed by atoms with E-state index in [9.17, 15) is 0 Å². The first-order chi connectivity index (χ1) is 12.8. The van der Waals surface area contributed by atoms with Gasteiger partial charge in [-0.05, 0) is 80.0 Å². The molecule has 2 aliphatic rings. The van der Waals surface area contributed by atoms with Crippen LogP contribution >= 0.6 is 0 Å². The maximum atomic E-state index is 5.89. The summed E-state index contributed by atoms with van der Waals surface area (Å²) < 4.78 is 5.89. The van der Waals surface area contributed by atoms with Gasteiger partial charge in [-0.2, -0.15) is 0 Å². The van der Waals surface area contributed by atoms with Crippen LogP contribution in [0.25, 0.3) is 0 Å². The summed E-state index contributed by atoms with van der Waals surface area (Å²) in [5.41, 5.74) is 3.12. The van der Waals surface area contributed by atoms with Crippen LogP contribution in [-0.4, -0.2) is 6.61 Å². The lowest BCUT2D eigenvalue weighted by Crippen LogP contribution is -2.18. The normalized spacial score (nSPS) is 26.0. The van der Waals surface area contributed by atoms with Crippen LogP contribution in [0.1, 0.15) is 82.8 Å². The van der Waals surface area contributed by atoms with Crippen LogP contribution in [0.2, 0.25) is 0 Å². The van der Waals surface area contributed by atoms with Gasteiger partial charge >= 0.3 is 0 Å². The topological polar surface area (TPSA) is 9.23 Å². The minimum atomic E-state index is 0.784. The summed E-state index contributed by atoms with van der Waals surface area (Å²) in [6.45, 7) is 5.21. The smallest absolute Gasteiger partial charge is 0.119 e. The molecule has 1 aromatic carbocycles. The van der Waals surface area contributed by atoms with E-state index in [0.29, 0.717) is 0 Å². The quantitative estimate of drug-likeness (QED) is 0.356. The first kappa shape index (κ1) is 19.5. The number of ether oxygens (including phenoxy) is 1. The fourth-order valence-electron chi connectivity index (χ4n) is 4.95. The lowest BCUT2D eigenvalue weighted by molar-refractivity contribution is 0.241. The van der Waals surface area contributed by atoms with Gasteiger partial charge in [0.2, 0.25) is 0 Å². The molecule has 0 aromatic heterocycles. The predicted molar refractivity (Wildman–Crippen MR) is 112 cm³/mol. The van der Waals surface area contributed by atoms with E-state index >= 15 is 0 Å². The fraction of sp³-hybridized carbons (Fsp3) is 0.680. The highest BCUT2D eigenvalue weighted by Crippen LogP contribution is 2.36. The Labute approximate surface area is 161 Å². The Hall–Kier alpha value is -1.24. The number of hydrogen-bond donors (Lipinski definition) is 0. The average Bonchev–Trinajstić information content (AvgIpc) is 2.70. The zero-order chi connectivity index (χ0) is 18.2. The summed E-state index contributed by atoms with van der Waals surface area (Å²) in [6.07, 6.45) is 19.5. The van der Waals surface area contributed by atoms with E-state index in [1.807, 2.05) is 0 Å². The minimum Gasteiger partial charge on any atom is -0.493 e. The van der Waals surface area contributed by atoms with Gasteiger partial charge in [0.1, 0.15) is 5.75 Å². The third kappa shape index (κ3) is 5.63. The maximum Gasteiger partial charge on any atom is 0.119 e. The number of fused-ring (bicyclic) bond motifs is 1. The molecule has 1 nitrogen and oxygen atoms in total. The first-order valence-corrected chi connectivity index (χ1v) is 11.1. The molecule has 26 heavy (non-hydrogen) atoms. The van der Waals surface area contributed by atoms with E-state index in [1.54, 1.807) is 5.56 Å². The van der Waals surface area contributed by atoms with Gasteiger partial charge in [-0.3, -0.25) is 0 Å². The number of allylic oxidation sites excluding steroid dienone is 1. The molecular weight excluding hydrogens is 316 g/mol. The number of benzene rings is 1. The van der Waals surface area contributed by atoms with Crippen molar-refractivity contribution in [3.63, 3.8) is 0 Å². The van der Waals surface area contributed by atoms with Crippen molar-refractivity contribution in [3.05, 3.63) is 41.5 Å². The third-order valence-corrected chi connectivity index (χ3v) is 6.82. The first-order valence-electron chi connectivity index (χ1n) is 11.1. The van der Waals surface area contributed by atoms with Crippen molar-refractivity contribution in [2.45, 2.75) is 84.5 Å². The zero-order valence-corrected chi connectivity index (χ0v) is 17.0. The van der Waals surface area contributed by atoms with Crippen molar-refractivity contribution in [2.24, 2.45) is 17.8 Å². The van der Waals surface area contributed by atoms with Gasteiger partial charge in [0.05, 0.1) is 6.61 Å². The predicted octanol–water partition coefficient (Wildman–Crippen LogP) is 7.13. The van der Waals surface area contributed by atoms with E-state index in [1.165, 1.54) is 69.8 Å². The van der Waals surface area contributed by atoms with Gasteiger partial charge in [0.25, 0.3) is 0 Å². The number of hydrogen-bond acceptors (Lipinski definition) is 1. The van der Waals surface area contributed by atoms with E-state index in [4.69, 9.17) is 4.74 Å². The molecular formula is C25H38O. The van der Waals surface area contributed by atoms with Crippen molar-refractivity contribution >= 4 is 0 Å². The molecule has 1 fully saturated rings. The molecule has 1 aromatic rings. The Bertz CT molecular complexity index is 566. The summed E-state index contributed by atoms with van der Waals surface area (Å²) in [6, 6.07) is 6.81. The van der Waals surface area contributed by atoms with Crippen molar-refractivity contribution in [2.75, 3.05) is 6.61 Å². The zero-order valence-electron chi connectivity index (χ0n) is 17.0. The Morgan fingerprint density at radius 2 is 1.73 bits per heavy atom. The second kappa shape index (κ2) is 10.2. The molecule has 0 heterocycles. The van der Waals surface area contributed by atoms with Crippen molar-refractivity contribution in [1.29, 1.82) is 0 Å². The second-order valence-corrected chi connectivity index (χ2v) is 8.62. The Kier molecular flexibility index (Phi) is 7.65. The van der Waals surface area contributed by atoms with Crippen LogP contribution in [0, 0.1) is 17.8 Å². The van der Waals surface area contributed by atoms with Gasteiger partial charge in [0, 0.05) is 0 Å². The summed E-state index contributed by atoms with van der Waals surface area (Å²) in [7, 11) is 0. The molecule has 2 aliphatic carbocycles. The van der Waals surface area contributed by atoms with Crippen molar-refractivity contribution in [3.8, 4) is 5.75 Å². The van der Waals surface area contributed by atoms with Crippen LogP contribution < -0.4 is 4.74 Å². The fourth-order valence-corrected chi connectivity index (χ4v) is 4.95. The number of aryl methyl sites for hydroxylation is 1. The molecule has 0 spiro atoms. The SMILES string of the molecule is CC=CCCOc1ccc2c(c1)CCC(CCC1CCC(CC)CC1)C2. The van der Waals surface area contributed by atoms with Crippen LogP contribution in [0.4, 0.5) is 0 Å². The highest BCUT2D eigenvalue weighted by molar-refractivity contribution is 5.37. The van der Waals surface area contributed by atoms with Crippen molar-refractivity contribution in [1.82, 2.24) is 0 Å². The Balaban J connectivity index is 1.43. The summed E-state index contributed by atoms with van der Waals surface area (Å²) in [5, 5.41) is 0. The molecule has 1 atom stereocenters. The molecule has 144 valence electrons. The van der Waals surface area contributed by atoms with E-state index in [0.717, 1.165) is 36.5 Å². The van der Waals surface area contributed by atoms with Gasteiger partial charge in [-0.1, -0.05) is 63.7 Å². The standard InChI is InChI=1S/C25H38O/c1-3-5-6-17-26-25-16-15-23-18-22(13-14-24(23)19-25)12-11-21-9-7-20(4-2)8-10-21/h3,5,15-16,19-22H,4,6-14,17-18H2,1-2H3. The molecule has 0 N–H and O–H groups in total. The number of rotatable bonds is 8.